The Morgan fingerprint density at radius 3 is 2.38 bits per heavy atom. The fourth-order valence-corrected chi connectivity index (χ4v) is 1.53. The summed E-state index contributed by atoms with van der Waals surface area (Å²) in [7, 11) is 1.72. The van der Waals surface area contributed by atoms with Crippen LogP contribution in [0.2, 0.25) is 0 Å². The molecule has 16 heavy (non-hydrogen) atoms. The number of hydrogen-bond acceptors (Lipinski definition) is 2. The Bertz CT molecular complexity index is 541. The lowest BCUT2D eigenvalue weighted by molar-refractivity contribution is 0.282. The topological polar surface area (TPSA) is 42.2 Å². The van der Waals surface area contributed by atoms with Gasteiger partial charge in [0.05, 0.1) is 6.61 Å². The van der Waals surface area contributed by atoms with Crippen molar-refractivity contribution in [3.05, 3.63) is 58.5 Å². The highest BCUT2D eigenvalue weighted by Gasteiger charge is 1.99. The summed E-state index contributed by atoms with van der Waals surface area (Å²) in [5.41, 5.74) is 2.72. The Morgan fingerprint density at radius 2 is 1.81 bits per heavy atom. The zero-order valence-electron chi connectivity index (χ0n) is 9.05. The molecular formula is C13H13NO2. The monoisotopic (exact) mass is 215 g/mol. The van der Waals surface area contributed by atoms with Crippen molar-refractivity contribution in [3.63, 3.8) is 0 Å². The van der Waals surface area contributed by atoms with Crippen LogP contribution in [0.15, 0.2) is 47.4 Å². The predicted octanol–water partition coefficient (Wildman–Crippen LogP) is 1.54. The first kappa shape index (κ1) is 10.6. The largest absolute Gasteiger partial charge is 0.392 e. The summed E-state index contributed by atoms with van der Waals surface area (Å²) >= 11 is 0. The van der Waals surface area contributed by atoms with Gasteiger partial charge in [0.15, 0.2) is 0 Å². The number of aliphatic hydroxyl groups excluding tert-OH is 1. The first-order valence-electron chi connectivity index (χ1n) is 5.07. The maximum absolute atomic E-state index is 11.5. The molecule has 0 aliphatic rings. The van der Waals surface area contributed by atoms with E-state index in [1.807, 2.05) is 30.3 Å². The summed E-state index contributed by atoms with van der Waals surface area (Å²) in [4.78, 5) is 11.5. The van der Waals surface area contributed by atoms with Crippen LogP contribution < -0.4 is 5.56 Å². The molecule has 0 atom stereocenters. The molecule has 0 spiro atoms. The average molecular weight is 215 g/mol. The first-order valence-corrected chi connectivity index (χ1v) is 5.07. The van der Waals surface area contributed by atoms with E-state index in [0.29, 0.717) is 0 Å². The fourth-order valence-electron chi connectivity index (χ4n) is 1.53. The highest BCUT2D eigenvalue weighted by molar-refractivity contribution is 5.62. The summed E-state index contributed by atoms with van der Waals surface area (Å²) in [6, 6.07) is 11.0. The number of rotatable bonds is 2. The molecule has 82 valence electrons. The molecule has 2 aromatic rings. The van der Waals surface area contributed by atoms with Crippen molar-refractivity contribution < 1.29 is 5.11 Å². The lowest BCUT2D eigenvalue weighted by Crippen LogP contribution is -2.14. The molecule has 0 saturated carbocycles. The molecule has 0 bridgehead atoms. The molecule has 0 saturated heterocycles. The van der Waals surface area contributed by atoms with E-state index in [9.17, 15) is 4.79 Å². The van der Waals surface area contributed by atoms with Gasteiger partial charge in [0.25, 0.3) is 5.56 Å². The van der Waals surface area contributed by atoms with Gasteiger partial charge in [0, 0.05) is 19.3 Å². The molecule has 0 aliphatic carbocycles. The Hall–Kier alpha value is -1.87. The van der Waals surface area contributed by atoms with Crippen LogP contribution in [0.4, 0.5) is 0 Å². The zero-order valence-corrected chi connectivity index (χ0v) is 9.05. The van der Waals surface area contributed by atoms with Crippen molar-refractivity contribution in [1.29, 1.82) is 0 Å². The summed E-state index contributed by atoms with van der Waals surface area (Å²) in [5, 5.41) is 8.93. The molecule has 2 rings (SSSR count). The van der Waals surface area contributed by atoms with E-state index in [4.69, 9.17) is 5.11 Å². The quantitative estimate of drug-likeness (QED) is 0.825. The van der Waals surface area contributed by atoms with Gasteiger partial charge in [-0.15, -0.1) is 0 Å². The third kappa shape index (κ3) is 2.04. The lowest BCUT2D eigenvalue weighted by Gasteiger charge is -2.03. The van der Waals surface area contributed by atoms with Gasteiger partial charge in [0.1, 0.15) is 0 Å². The van der Waals surface area contributed by atoms with E-state index in [-0.39, 0.29) is 12.2 Å². The summed E-state index contributed by atoms with van der Waals surface area (Å²) in [6.45, 7) is 0.0385. The van der Waals surface area contributed by atoms with Crippen molar-refractivity contribution in [2.24, 2.45) is 7.05 Å². The first-order chi connectivity index (χ1) is 7.70. The molecule has 0 fully saturated rings. The number of aliphatic hydroxyl groups is 1. The van der Waals surface area contributed by atoms with Crippen LogP contribution in [0.1, 0.15) is 5.56 Å². The van der Waals surface area contributed by atoms with Crippen LogP contribution in [-0.4, -0.2) is 9.67 Å². The summed E-state index contributed by atoms with van der Waals surface area (Å²) < 4.78 is 1.53. The molecule has 1 aromatic carbocycles. The highest BCUT2D eigenvalue weighted by atomic mass is 16.3. The van der Waals surface area contributed by atoms with E-state index in [1.165, 1.54) is 4.57 Å². The molecule has 1 heterocycles. The minimum atomic E-state index is -0.0243. The van der Waals surface area contributed by atoms with Gasteiger partial charge < -0.3 is 9.67 Å². The van der Waals surface area contributed by atoms with Crippen LogP contribution in [0.25, 0.3) is 11.1 Å². The second-order valence-corrected chi connectivity index (χ2v) is 3.72. The third-order valence-electron chi connectivity index (χ3n) is 2.57. The van der Waals surface area contributed by atoms with Gasteiger partial charge in [-0.25, -0.2) is 0 Å². The van der Waals surface area contributed by atoms with Gasteiger partial charge in [-0.05, 0) is 22.8 Å². The second kappa shape index (κ2) is 4.33. The lowest BCUT2D eigenvalue weighted by atomic mass is 10.1. The molecule has 3 heteroatoms. The Balaban J connectivity index is 2.42. The van der Waals surface area contributed by atoms with Gasteiger partial charge in [-0.2, -0.15) is 0 Å². The number of pyridine rings is 1. The minimum Gasteiger partial charge on any atom is -0.392 e. The van der Waals surface area contributed by atoms with Crippen molar-refractivity contribution >= 4 is 0 Å². The van der Waals surface area contributed by atoms with Crippen LogP contribution in [-0.2, 0) is 13.7 Å². The standard InChI is InChI=1S/C13H13NO2/c1-14-7-6-12(8-13(14)16)11-4-2-10(9-15)3-5-11/h2-8,15H,9H2,1H3. The van der Waals surface area contributed by atoms with Crippen molar-refractivity contribution in [1.82, 2.24) is 4.57 Å². The predicted molar refractivity (Wildman–Crippen MR) is 63.0 cm³/mol. The maximum Gasteiger partial charge on any atom is 0.250 e. The van der Waals surface area contributed by atoms with Crippen LogP contribution in [0, 0.1) is 0 Å². The minimum absolute atomic E-state index is 0.0243. The summed E-state index contributed by atoms with van der Waals surface area (Å²) in [5.74, 6) is 0. The summed E-state index contributed by atoms with van der Waals surface area (Å²) in [6.07, 6.45) is 1.75. The SMILES string of the molecule is Cn1ccc(-c2ccc(CO)cc2)cc1=O. The van der Waals surface area contributed by atoms with Gasteiger partial charge >= 0.3 is 0 Å². The van der Waals surface area contributed by atoms with E-state index in [2.05, 4.69) is 0 Å². The van der Waals surface area contributed by atoms with Crippen molar-refractivity contribution in [2.75, 3.05) is 0 Å². The molecule has 0 amide bonds. The molecule has 3 nitrogen and oxygen atoms in total. The molecule has 0 radical (unpaired) electrons. The maximum atomic E-state index is 11.5. The van der Waals surface area contributed by atoms with E-state index in [0.717, 1.165) is 16.7 Å². The number of benzene rings is 1. The Morgan fingerprint density at radius 1 is 1.12 bits per heavy atom. The molecule has 1 N–H and O–H groups in total. The Labute approximate surface area is 93.6 Å². The van der Waals surface area contributed by atoms with Crippen LogP contribution >= 0.6 is 0 Å². The molecule has 1 aromatic heterocycles. The highest BCUT2D eigenvalue weighted by Crippen LogP contribution is 2.17. The van der Waals surface area contributed by atoms with Gasteiger partial charge in [0.2, 0.25) is 0 Å². The number of aromatic nitrogens is 1. The van der Waals surface area contributed by atoms with E-state index in [1.54, 1.807) is 19.3 Å². The zero-order chi connectivity index (χ0) is 11.5. The molecule has 0 unspecified atom stereocenters. The molecule has 0 aliphatic heterocycles. The second-order valence-electron chi connectivity index (χ2n) is 3.72. The van der Waals surface area contributed by atoms with E-state index >= 15 is 0 Å². The average Bonchev–Trinajstić information content (AvgIpc) is 2.33. The number of aryl methyl sites for hydroxylation is 1. The number of nitrogens with zero attached hydrogens (tertiary/aromatic N) is 1. The van der Waals surface area contributed by atoms with Crippen molar-refractivity contribution in [2.45, 2.75) is 6.61 Å². The Kier molecular flexibility index (Phi) is 2.88. The van der Waals surface area contributed by atoms with Crippen LogP contribution in [0.3, 0.4) is 0 Å². The smallest absolute Gasteiger partial charge is 0.250 e. The van der Waals surface area contributed by atoms with Crippen molar-refractivity contribution in [3.8, 4) is 11.1 Å². The van der Waals surface area contributed by atoms with Gasteiger partial charge in [-0.1, -0.05) is 24.3 Å². The molecular weight excluding hydrogens is 202 g/mol. The fraction of sp³-hybridized carbons (Fsp3) is 0.154. The van der Waals surface area contributed by atoms with Gasteiger partial charge in [-0.3, -0.25) is 4.79 Å². The van der Waals surface area contributed by atoms with E-state index < -0.39 is 0 Å². The third-order valence-corrected chi connectivity index (χ3v) is 2.57. The van der Waals surface area contributed by atoms with Crippen LogP contribution in [0.5, 0.6) is 0 Å². The normalized spacial score (nSPS) is 10.4. The number of hydrogen-bond donors (Lipinski definition) is 1.